The number of hydrogen-bond acceptors (Lipinski definition) is 7. The van der Waals surface area contributed by atoms with Gasteiger partial charge >= 0.3 is 24.3 Å². The second-order valence-corrected chi connectivity index (χ2v) is 8.13. The molecule has 3 atom stereocenters. The van der Waals surface area contributed by atoms with Crippen LogP contribution < -0.4 is 0 Å². The Morgan fingerprint density at radius 2 is 1.62 bits per heavy atom. The molecule has 39 heavy (non-hydrogen) atoms. The molecular formula is C23H23F6N3O7. The van der Waals surface area contributed by atoms with E-state index >= 15 is 0 Å². The standard InChI is InChI=1S/C19H21N3O3.2C2HF3O2/c23-19(8-15-5-1-2-7-21-15)22-10-18(16-12-24-13-17(16)22)25-11-14-4-3-6-20-9-14;2*3-2(4,5)1(6)7/h1-7,9,16-18H,8,10-13H2;2*(H,6,7)/t16-,17+,18-;;/m0../s1. The number of halogens is 6. The number of carbonyl (C=O) groups is 3. The molecule has 0 aliphatic carbocycles. The maximum absolute atomic E-state index is 12.7. The second kappa shape index (κ2) is 13.8. The van der Waals surface area contributed by atoms with E-state index in [4.69, 9.17) is 29.3 Å². The number of carboxylic acids is 2. The molecule has 0 aromatic carbocycles. The molecule has 4 rings (SSSR count). The minimum atomic E-state index is -5.08. The number of nitrogens with zero attached hydrogens (tertiary/aromatic N) is 3. The Morgan fingerprint density at radius 3 is 2.13 bits per heavy atom. The van der Waals surface area contributed by atoms with Crippen LogP contribution in [0.5, 0.6) is 0 Å². The zero-order valence-electron chi connectivity index (χ0n) is 19.9. The van der Waals surface area contributed by atoms with Crippen molar-refractivity contribution in [3.63, 3.8) is 0 Å². The second-order valence-electron chi connectivity index (χ2n) is 8.13. The predicted molar refractivity (Wildman–Crippen MR) is 118 cm³/mol. The van der Waals surface area contributed by atoms with Crippen LogP contribution in [0.2, 0.25) is 0 Å². The van der Waals surface area contributed by atoms with Gasteiger partial charge in [-0.15, -0.1) is 0 Å². The SMILES string of the molecule is O=C(Cc1ccccn1)N1C[C@H](OCc2cccnc2)[C@H]2COC[C@H]21.O=C(O)C(F)(F)F.O=C(O)C(F)(F)F. The fraction of sp³-hybridized carbons (Fsp3) is 0.435. The normalized spacial score (nSPS) is 20.2. The van der Waals surface area contributed by atoms with Crippen molar-refractivity contribution in [2.24, 2.45) is 5.92 Å². The first-order valence-electron chi connectivity index (χ1n) is 11.1. The number of alkyl halides is 6. The third kappa shape index (κ3) is 10.1. The van der Waals surface area contributed by atoms with Crippen molar-refractivity contribution < 1.29 is 60.4 Å². The molecule has 214 valence electrons. The van der Waals surface area contributed by atoms with E-state index in [0.717, 1.165) is 11.3 Å². The van der Waals surface area contributed by atoms with Crippen LogP contribution in [0, 0.1) is 5.92 Å². The summed E-state index contributed by atoms with van der Waals surface area (Å²) in [6, 6.07) is 9.64. The maximum Gasteiger partial charge on any atom is 0.490 e. The van der Waals surface area contributed by atoms with Gasteiger partial charge in [0.05, 0.1) is 38.4 Å². The average Bonchev–Trinajstić information content (AvgIpc) is 3.47. The summed E-state index contributed by atoms with van der Waals surface area (Å²) in [7, 11) is 0. The number of likely N-dealkylation sites (tertiary alicyclic amines) is 1. The molecule has 0 radical (unpaired) electrons. The molecule has 2 fully saturated rings. The summed E-state index contributed by atoms with van der Waals surface area (Å²) in [6.45, 7) is 2.36. The van der Waals surface area contributed by atoms with Crippen molar-refractivity contribution in [2.45, 2.75) is 37.5 Å². The molecule has 16 heteroatoms. The number of amides is 1. The van der Waals surface area contributed by atoms with Crippen LogP contribution >= 0.6 is 0 Å². The molecule has 2 N–H and O–H groups in total. The third-order valence-corrected chi connectivity index (χ3v) is 5.40. The van der Waals surface area contributed by atoms with Crippen LogP contribution in [0.4, 0.5) is 26.3 Å². The average molecular weight is 567 g/mol. The number of hydrogen-bond donors (Lipinski definition) is 2. The van der Waals surface area contributed by atoms with E-state index in [9.17, 15) is 31.1 Å². The van der Waals surface area contributed by atoms with Gasteiger partial charge in [-0.05, 0) is 23.8 Å². The summed E-state index contributed by atoms with van der Waals surface area (Å²) in [5.74, 6) is -5.18. The van der Waals surface area contributed by atoms with E-state index in [-0.39, 0.29) is 24.0 Å². The van der Waals surface area contributed by atoms with E-state index in [1.165, 1.54) is 0 Å². The highest BCUT2D eigenvalue weighted by Crippen LogP contribution is 2.33. The first kappa shape index (κ1) is 31.4. The number of fused-ring (bicyclic) bond motifs is 1. The van der Waals surface area contributed by atoms with E-state index in [1.807, 2.05) is 41.4 Å². The Morgan fingerprint density at radius 1 is 0.974 bits per heavy atom. The number of aromatic nitrogens is 2. The van der Waals surface area contributed by atoms with Crippen molar-refractivity contribution in [2.75, 3.05) is 19.8 Å². The number of aliphatic carboxylic acids is 2. The van der Waals surface area contributed by atoms with Crippen molar-refractivity contribution >= 4 is 17.8 Å². The van der Waals surface area contributed by atoms with Crippen molar-refractivity contribution in [1.82, 2.24) is 14.9 Å². The summed E-state index contributed by atoms with van der Waals surface area (Å²) in [4.78, 5) is 40.8. The predicted octanol–water partition coefficient (Wildman–Crippen LogP) is 2.73. The maximum atomic E-state index is 12.7. The van der Waals surface area contributed by atoms with E-state index in [1.54, 1.807) is 12.4 Å². The first-order valence-corrected chi connectivity index (χ1v) is 11.1. The summed E-state index contributed by atoms with van der Waals surface area (Å²) >= 11 is 0. The Bertz CT molecular complexity index is 1060. The molecular weight excluding hydrogens is 544 g/mol. The van der Waals surface area contributed by atoms with Crippen molar-refractivity contribution in [1.29, 1.82) is 0 Å². The van der Waals surface area contributed by atoms with Crippen molar-refractivity contribution in [3.8, 4) is 0 Å². The lowest BCUT2D eigenvalue weighted by molar-refractivity contribution is -0.193. The highest BCUT2D eigenvalue weighted by Gasteiger charge is 2.47. The number of ether oxygens (including phenoxy) is 2. The number of rotatable bonds is 5. The van der Waals surface area contributed by atoms with E-state index in [2.05, 4.69) is 9.97 Å². The Labute approximate surface area is 217 Å². The van der Waals surface area contributed by atoms with Crippen LogP contribution in [0.1, 0.15) is 11.3 Å². The van der Waals surface area contributed by atoms with Crippen LogP contribution in [-0.4, -0.2) is 87.2 Å². The minimum Gasteiger partial charge on any atom is -0.475 e. The third-order valence-electron chi connectivity index (χ3n) is 5.40. The molecule has 0 bridgehead atoms. The molecule has 2 aliphatic rings. The van der Waals surface area contributed by atoms with Gasteiger partial charge in [0, 0.05) is 36.7 Å². The molecule has 0 spiro atoms. The molecule has 2 aliphatic heterocycles. The molecule has 2 aromatic rings. The first-order chi connectivity index (χ1) is 18.2. The number of carboxylic acid groups (broad SMARTS) is 2. The summed E-state index contributed by atoms with van der Waals surface area (Å²) < 4.78 is 75.2. The number of carbonyl (C=O) groups excluding carboxylic acids is 1. The molecule has 10 nitrogen and oxygen atoms in total. The Kier molecular flexibility index (Phi) is 11.2. The molecule has 0 saturated carbocycles. The highest BCUT2D eigenvalue weighted by molar-refractivity contribution is 5.79. The lowest BCUT2D eigenvalue weighted by atomic mass is 10.0. The summed E-state index contributed by atoms with van der Waals surface area (Å²) in [5, 5.41) is 14.2. The van der Waals surface area contributed by atoms with Crippen molar-refractivity contribution in [3.05, 3.63) is 60.2 Å². The molecule has 2 saturated heterocycles. The zero-order valence-corrected chi connectivity index (χ0v) is 19.9. The van der Waals surface area contributed by atoms with Gasteiger partial charge in [0.15, 0.2) is 0 Å². The Balaban J connectivity index is 0.000000317. The van der Waals surface area contributed by atoms with Crippen LogP contribution in [0.15, 0.2) is 48.9 Å². The molecule has 1 amide bonds. The van der Waals surface area contributed by atoms with Gasteiger partial charge in [-0.2, -0.15) is 26.3 Å². The summed E-state index contributed by atoms with van der Waals surface area (Å²) in [5.41, 5.74) is 1.83. The number of pyridine rings is 2. The van der Waals surface area contributed by atoms with E-state index < -0.39 is 24.3 Å². The molecule has 4 heterocycles. The lowest BCUT2D eigenvalue weighted by Gasteiger charge is -2.22. The lowest BCUT2D eigenvalue weighted by Crippen LogP contribution is -2.39. The van der Waals surface area contributed by atoms with Gasteiger partial charge in [-0.3, -0.25) is 14.8 Å². The van der Waals surface area contributed by atoms with Gasteiger partial charge in [-0.25, -0.2) is 9.59 Å². The fourth-order valence-corrected chi connectivity index (χ4v) is 3.61. The van der Waals surface area contributed by atoms with Gasteiger partial charge < -0.3 is 24.6 Å². The minimum absolute atomic E-state index is 0.000360. The topological polar surface area (TPSA) is 139 Å². The molecule has 2 aromatic heterocycles. The largest absolute Gasteiger partial charge is 0.490 e. The van der Waals surface area contributed by atoms with Gasteiger partial charge in [0.25, 0.3) is 0 Å². The smallest absolute Gasteiger partial charge is 0.475 e. The zero-order chi connectivity index (χ0) is 29.2. The van der Waals surface area contributed by atoms with Gasteiger partial charge in [0.1, 0.15) is 0 Å². The van der Waals surface area contributed by atoms with E-state index in [0.29, 0.717) is 32.8 Å². The van der Waals surface area contributed by atoms with Crippen LogP contribution in [0.25, 0.3) is 0 Å². The van der Waals surface area contributed by atoms with Gasteiger partial charge in [0.2, 0.25) is 5.91 Å². The van der Waals surface area contributed by atoms with Gasteiger partial charge in [-0.1, -0.05) is 12.1 Å². The summed E-state index contributed by atoms with van der Waals surface area (Å²) in [6.07, 6.45) is -4.58. The monoisotopic (exact) mass is 567 g/mol. The van der Waals surface area contributed by atoms with Crippen LogP contribution in [-0.2, 0) is 36.9 Å². The van der Waals surface area contributed by atoms with Crippen LogP contribution in [0.3, 0.4) is 0 Å². The molecule has 0 unspecified atom stereocenters. The highest BCUT2D eigenvalue weighted by atomic mass is 19.4. The quantitative estimate of drug-likeness (QED) is 0.522. The Hall–Kier alpha value is -3.79. The fourth-order valence-electron chi connectivity index (χ4n) is 3.61.